The predicted octanol–water partition coefficient (Wildman–Crippen LogP) is 3.75. The van der Waals surface area contributed by atoms with Gasteiger partial charge in [0.2, 0.25) is 0 Å². The van der Waals surface area contributed by atoms with Crippen molar-refractivity contribution in [2.75, 3.05) is 14.2 Å². The van der Waals surface area contributed by atoms with Gasteiger partial charge in [-0.2, -0.15) is 0 Å². The number of allylic oxidation sites excluding steroid dienone is 3. The van der Waals surface area contributed by atoms with Crippen LogP contribution in [0.1, 0.15) is 34.1 Å². The van der Waals surface area contributed by atoms with Gasteiger partial charge in [-0.25, -0.2) is 0 Å². The summed E-state index contributed by atoms with van der Waals surface area (Å²) in [5.74, 6) is 2.24. The predicted molar refractivity (Wildman–Crippen MR) is 66.9 cm³/mol. The van der Waals surface area contributed by atoms with Gasteiger partial charge in [-0.1, -0.05) is 34.3 Å². The summed E-state index contributed by atoms with van der Waals surface area (Å²) < 4.78 is 10.8. The molecule has 16 heavy (non-hydrogen) atoms. The minimum atomic E-state index is 0.0141. The molecule has 2 nitrogen and oxygen atoms in total. The lowest BCUT2D eigenvalue weighted by molar-refractivity contribution is 0.0473. The highest BCUT2D eigenvalue weighted by Crippen LogP contribution is 2.52. The Morgan fingerprint density at radius 3 is 2.25 bits per heavy atom. The molecule has 0 aliphatic heterocycles. The Morgan fingerprint density at radius 2 is 1.88 bits per heavy atom. The molecule has 0 saturated carbocycles. The van der Waals surface area contributed by atoms with Crippen LogP contribution in [0, 0.1) is 16.7 Å². The van der Waals surface area contributed by atoms with E-state index in [-0.39, 0.29) is 10.8 Å². The molecule has 0 saturated heterocycles. The molecule has 0 bridgehead atoms. The van der Waals surface area contributed by atoms with Crippen molar-refractivity contribution < 1.29 is 9.47 Å². The van der Waals surface area contributed by atoms with E-state index in [1.54, 1.807) is 14.2 Å². The molecule has 0 radical (unpaired) electrons. The van der Waals surface area contributed by atoms with E-state index in [1.165, 1.54) is 0 Å². The zero-order valence-electron chi connectivity index (χ0n) is 11.4. The van der Waals surface area contributed by atoms with Crippen LogP contribution in [-0.4, -0.2) is 14.2 Å². The van der Waals surface area contributed by atoms with Crippen molar-refractivity contribution in [2.45, 2.75) is 34.1 Å². The van der Waals surface area contributed by atoms with Gasteiger partial charge in [0.25, 0.3) is 0 Å². The summed E-state index contributed by atoms with van der Waals surface area (Å²) in [6, 6.07) is 0. The fourth-order valence-electron chi connectivity index (χ4n) is 3.21. The number of hydrogen-bond donors (Lipinski definition) is 0. The molecule has 1 unspecified atom stereocenters. The van der Waals surface area contributed by atoms with Crippen molar-refractivity contribution in [1.29, 1.82) is 0 Å². The molecule has 92 valence electrons. The molecule has 2 heteroatoms. The number of ether oxygens (including phenoxy) is 2. The average Bonchev–Trinajstić information content (AvgIpc) is 2.13. The monoisotopic (exact) mass is 224 g/mol. The minimum absolute atomic E-state index is 0.0141. The van der Waals surface area contributed by atoms with E-state index in [4.69, 9.17) is 9.47 Å². The van der Waals surface area contributed by atoms with E-state index in [0.717, 1.165) is 17.9 Å². The number of rotatable bonds is 3. The molecular weight excluding hydrogens is 200 g/mol. The average molecular weight is 224 g/mol. The molecule has 1 aliphatic carbocycles. The van der Waals surface area contributed by atoms with Gasteiger partial charge in [-0.05, 0) is 16.9 Å². The number of methoxy groups -OCH3 is 2. The molecule has 0 N–H and O–H groups in total. The van der Waals surface area contributed by atoms with E-state index in [2.05, 4.69) is 40.3 Å². The third-order valence-corrected chi connectivity index (χ3v) is 3.53. The van der Waals surface area contributed by atoms with Crippen LogP contribution >= 0.6 is 0 Å². The summed E-state index contributed by atoms with van der Waals surface area (Å²) in [5.41, 5.74) is 0.122. The van der Waals surface area contributed by atoms with Crippen molar-refractivity contribution in [1.82, 2.24) is 0 Å². The van der Waals surface area contributed by atoms with Gasteiger partial charge in [0.1, 0.15) is 0 Å². The third kappa shape index (κ3) is 2.26. The maximum Gasteiger partial charge on any atom is 0.0928 e. The summed E-state index contributed by atoms with van der Waals surface area (Å²) in [6.45, 7) is 13.0. The topological polar surface area (TPSA) is 18.5 Å². The van der Waals surface area contributed by atoms with E-state index in [1.807, 2.05) is 0 Å². The highest BCUT2D eigenvalue weighted by Gasteiger charge is 2.46. The van der Waals surface area contributed by atoms with Gasteiger partial charge in [-0.3, -0.25) is 0 Å². The molecule has 0 aromatic carbocycles. The highest BCUT2D eigenvalue weighted by molar-refractivity contribution is 5.20. The quantitative estimate of drug-likeness (QED) is 0.680. The van der Waals surface area contributed by atoms with Crippen LogP contribution in [0.5, 0.6) is 0 Å². The smallest absolute Gasteiger partial charge is 0.0928 e. The van der Waals surface area contributed by atoms with Crippen LogP contribution in [0.2, 0.25) is 0 Å². The Labute approximate surface area is 99.3 Å². The Kier molecular flexibility index (Phi) is 3.41. The van der Waals surface area contributed by atoms with E-state index in [0.29, 0.717) is 5.92 Å². The minimum Gasteiger partial charge on any atom is -0.501 e. The summed E-state index contributed by atoms with van der Waals surface area (Å²) >= 11 is 0. The first-order valence-electron chi connectivity index (χ1n) is 5.73. The van der Waals surface area contributed by atoms with Gasteiger partial charge in [0.15, 0.2) is 0 Å². The van der Waals surface area contributed by atoms with E-state index in [9.17, 15) is 0 Å². The van der Waals surface area contributed by atoms with Crippen LogP contribution < -0.4 is 0 Å². The van der Waals surface area contributed by atoms with Gasteiger partial charge >= 0.3 is 0 Å². The second kappa shape index (κ2) is 4.15. The fraction of sp³-hybridized carbons (Fsp3) is 0.714. The van der Waals surface area contributed by atoms with Crippen LogP contribution in [-0.2, 0) is 9.47 Å². The summed E-state index contributed by atoms with van der Waals surface area (Å²) in [4.78, 5) is 0. The molecule has 0 fully saturated rings. The lowest BCUT2D eigenvalue weighted by Crippen LogP contribution is -2.40. The summed E-state index contributed by atoms with van der Waals surface area (Å²) in [7, 11) is 3.44. The first-order valence-corrected chi connectivity index (χ1v) is 5.73. The van der Waals surface area contributed by atoms with E-state index >= 15 is 0 Å². The van der Waals surface area contributed by atoms with Crippen molar-refractivity contribution in [2.24, 2.45) is 16.7 Å². The molecule has 1 atom stereocenters. The molecule has 0 heterocycles. The Hall–Kier alpha value is -0.920. The summed E-state index contributed by atoms with van der Waals surface area (Å²) in [6.07, 6.45) is 3.13. The number of hydrogen-bond acceptors (Lipinski definition) is 2. The van der Waals surface area contributed by atoms with Crippen LogP contribution in [0.15, 0.2) is 24.2 Å². The van der Waals surface area contributed by atoms with Gasteiger partial charge < -0.3 is 9.47 Å². The molecule has 1 aliphatic rings. The largest absolute Gasteiger partial charge is 0.501 e. The van der Waals surface area contributed by atoms with Crippen molar-refractivity contribution in [3.05, 3.63) is 24.2 Å². The second-order valence-electron chi connectivity index (χ2n) is 5.90. The maximum absolute atomic E-state index is 5.41. The molecule has 1 rings (SSSR count). The standard InChI is InChI=1S/C14H24O2/c1-10(15-6)12-13(2,3)8-11(16-7)9-14(12,4)5/h8,12H,1,9H2,2-7H3. The highest BCUT2D eigenvalue weighted by atomic mass is 16.5. The first kappa shape index (κ1) is 13.1. The van der Waals surface area contributed by atoms with E-state index < -0.39 is 0 Å². The fourth-order valence-corrected chi connectivity index (χ4v) is 3.21. The third-order valence-electron chi connectivity index (χ3n) is 3.53. The zero-order chi connectivity index (χ0) is 12.6. The normalized spacial score (nSPS) is 26.9. The zero-order valence-corrected chi connectivity index (χ0v) is 11.4. The van der Waals surface area contributed by atoms with Crippen LogP contribution in [0.25, 0.3) is 0 Å². The molecule has 0 aromatic rings. The van der Waals surface area contributed by atoms with Crippen molar-refractivity contribution >= 4 is 0 Å². The Morgan fingerprint density at radius 1 is 1.31 bits per heavy atom. The van der Waals surface area contributed by atoms with Gasteiger partial charge in [-0.15, -0.1) is 0 Å². The van der Waals surface area contributed by atoms with Gasteiger partial charge in [0, 0.05) is 12.3 Å². The van der Waals surface area contributed by atoms with Crippen LogP contribution in [0.3, 0.4) is 0 Å². The lowest BCUT2D eigenvalue weighted by Gasteiger charge is -2.47. The summed E-state index contributed by atoms with van der Waals surface area (Å²) in [5, 5.41) is 0. The molecule has 0 spiro atoms. The molecule has 0 amide bonds. The Bertz CT molecular complexity index is 311. The SMILES string of the molecule is C=C(OC)C1C(C)(C)C=C(OC)CC1(C)C. The van der Waals surface area contributed by atoms with Crippen LogP contribution in [0.4, 0.5) is 0 Å². The second-order valence-corrected chi connectivity index (χ2v) is 5.90. The maximum atomic E-state index is 5.41. The molecular formula is C14H24O2. The molecule has 0 aromatic heterocycles. The van der Waals surface area contributed by atoms with Crippen molar-refractivity contribution in [3.63, 3.8) is 0 Å². The van der Waals surface area contributed by atoms with Crippen molar-refractivity contribution in [3.8, 4) is 0 Å². The van der Waals surface area contributed by atoms with Gasteiger partial charge in [0.05, 0.1) is 25.7 Å². The first-order chi connectivity index (χ1) is 7.24. The Balaban J connectivity index is 3.16. The lowest BCUT2D eigenvalue weighted by atomic mass is 9.59.